The quantitative estimate of drug-likeness (QED) is 0.0500. The van der Waals surface area contributed by atoms with Crippen LogP contribution in [0.5, 0.6) is 11.5 Å². The number of carbonyl (C=O) groups excluding carboxylic acids is 2. The molecule has 0 aliphatic carbocycles. The number of ether oxygens (including phenoxy) is 2. The lowest BCUT2D eigenvalue weighted by Crippen LogP contribution is -2.12. The Morgan fingerprint density at radius 2 is 0.744 bits per heavy atom. The number of hydrogen-bond acceptors (Lipinski definition) is 4. The van der Waals surface area contributed by atoms with Gasteiger partial charge in [0.15, 0.2) is 11.5 Å². The second-order valence-electron chi connectivity index (χ2n) is 12.9. The van der Waals surface area contributed by atoms with E-state index in [0.29, 0.717) is 24.3 Å². The summed E-state index contributed by atoms with van der Waals surface area (Å²) < 4.78 is 11.3. The molecule has 0 bridgehead atoms. The Hall–Kier alpha value is -1.84. The molecule has 248 valence electrons. The van der Waals surface area contributed by atoms with Crippen molar-refractivity contribution in [3.8, 4) is 11.5 Å². The predicted molar refractivity (Wildman–Crippen MR) is 183 cm³/mol. The molecule has 1 aromatic carbocycles. The van der Waals surface area contributed by atoms with E-state index >= 15 is 0 Å². The number of aryl methyl sites for hydroxylation is 1. The second kappa shape index (κ2) is 28.9. The zero-order chi connectivity index (χ0) is 31.2. The average Bonchev–Trinajstić information content (AvgIpc) is 2.99. The Kier molecular flexibility index (Phi) is 26.3. The van der Waals surface area contributed by atoms with E-state index in [-0.39, 0.29) is 11.9 Å². The minimum absolute atomic E-state index is 0.248. The van der Waals surface area contributed by atoms with Crippen molar-refractivity contribution in [2.45, 2.75) is 201 Å². The molecule has 0 unspecified atom stereocenters. The zero-order valence-electron chi connectivity index (χ0n) is 28.7. The normalized spacial score (nSPS) is 11.1. The molecule has 0 saturated heterocycles. The minimum Gasteiger partial charge on any atom is -0.423 e. The van der Waals surface area contributed by atoms with Gasteiger partial charge < -0.3 is 9.47 Å². The second-order valence-corrected chi connectivity index (χ2v) is 12.9. The molecule has 0 N–H and O–H groups in total. The summed E-state index contributed by atoms with van der Waals surface area (Å²) in [5.74, 6) is 0.214. The molecule has 0 fully saturated rings. The van der Waals surface area contributed by atoms with Gasteiger partial charge in [-0.2, -0.15) is 0 Å². The summed E-state index contributed by atoms with van der Waals surface area (Å²) in [4.78, 5) is 25.0. The number of esters is 2. The van der Waals surface area contributed by atoms with Crippen molar-refractivity contribution in [3.63, 3.8) is 0 Å². The fourth-order valence-electron chi connectivity index (χ4n) is 5.70. The first-order chi connectivity index (χ1) is 21.1. The van der Waals surface area contributed by atoms with Crippen LogP contribution in [0, 0.1) is 6.92 Å². The summed E-state index contributed by atoms with van der Waals surface area (Å²) in [6.07, 6.45) is 34.0. The molecule has 0 heterocycles. The summed E-state index contributed by atoms with van der Waals surface area (Å²) >= 11 is 0. The van der Waals surface area contributed by atoms with E-state index in [0.717, 1.165) is 31.2 Å². The van der Waals surface area contributed by atoms with Gasteiger partial charge in [0.05, 0.1) is 0 Å². The molecule has 0 aliphatic rings. The topological polar surface area (TPSA) is 52.6 Å². The summed E-state index contributed by atoms with van der Waals surface area (Å²) in [6.45, 7) is 6.48. The number of benzene rings is 1. The van der Waals surface area contributed by atoms with Crippen LogP contribution in [0.2, 0.25) is 0 Å². The smallest absolute Gasteiger partial charge is 0.311 e. The fraction of sp³-hybridized carbons (Fsp3) is 0.795. The summed E-state index contributed by atoms with van der Waals surface area (Å²) in [6, 6.07) is 5.41. The Morgan fingerprint density at radius 1 is 0.442 bits per heavy atom. The van der Waals surface area contributed by atoms with Crippen molar-refractivity contribution in [2.75, 3.05) is 0 Å². The molecule has 4 heteroatoms. The highest BCUT2D eigenvalue weighted by Crippen LogP contribution is 2.29. The Balaban J connectivity index is 2.12. The SMILES string of the molecule is CCCCCCCCCCCCCCCC(=O)Oc1ccc(C)cc1OC(=O)CCCCCCCCCCCCCCC. The monoisotopic (exact) mass is 601 g/mol. The van der Waals surface area contributed by atoms with E-state index in [1.54, 1.807) is 12.1 Å². The van der Waals surface area contributed by atoms with Crippen LogP contribution in [0.15, 0.2) is 18.2 Å². The van der Waals surface area contributed by atoms with Crippen molar-refractivity contribution in [3.05, 3.63) is 23.8 Å². The third-order valence-electron chi connectivity index (χ3n) is 8.52. The van der Waals surface area contributed by atoms with E-state index in [1.807, 2.05) is 13.0 Å². The molecule has 1 aromatic rings. The Labute approximate surface area is 266 Å². The molecular weight excluding hydrogens is 532 g/mol. The van der Waals surface area contributed by atoms with Gasteiger partial charge in [-0.25, -0.2) is 0 Å². The van der Waals surface area contributed by atoms with E-state index in [1.165, 1.54) is 141 Å². The van der Waals surface area contributed by atoms with E-state index in [4.69, 9.17) is 9.47 Å². The lowest BCUT2D eigenvalue weighted by Gasteiger charge is -2.11. The first kappa shape index (κ1) is 39.2. The van der Waals surface area contributed by atoms with E-state index < -0.39 is 0 Å². The van der Waals surface area contributed by atoms with Crippen LogP contribution in [0.4, 0.5) is 0 Å². The number of carbonyl (C=O) groups is 2. The van der Waals surface area contributed by atoms with Crippen LogP contribution in [0.3, 0.4) is 0 Å². The highest BCUT2D eigenvalue weighted by atomic mass is 16.6. The van der Waals surface area contributed by atoms with Crippen molar-refractivity contribution in [2.24, 2.45) is 0 Å². The van der Waals surface area contributed by atoms with Gasteiger partial charge in [-0.3, -0.25) is 9.59 Å². The molecule has 0 amide bonds. The molecule has 43 heavy (non-hydrogen) atoms. The standard InChI is InChI=1S/C39H68O4/c1-4-6-8-10-12-14-16-18-20-22-24-26-28-30-38(40)42-36-33-32-35(3)34-37(36)43-39(41)31-29-27-25-23-21-19-17-15-13-11-9-7-5-2/h32-34H,4-31H2,1-3H3. The largest absolute Gasteiger partial charge is 0.423 e. The molecular formula is C39H68O4. The van der Waals surface area contributed by atoms with Gasteiger partial charge in [0.25, 0.3) is 0 Å². The molecule has 0 aliphatic heterocycles. The minimum atomic E-state index is -0.249. The van der Waals surface area contributed by atoms with Gasteiger partial charge in [0.1, 0.15) is 0 Å². The van der Waals surface area contributed by atoms with Crippen LogP contribution in [-0.2, 0) is 9.59 Å². The maximum Gasteiger partial charge on any atom is 0.311 e. The van der Waals surface area contributed by atoms with Gasteiger partial charge in [-0.1, -0.05) is 174 Å². The highest BCUT2D eigenvalue weighted by Gasteiger charge is 2.14. The molecule has 0 saturated carbocycles. The van der Waals surface area contributed by atoms with E-state index in [9.17, 15) is 9.59 Å². The van der Waals surface area contributed by atoms with Gasteiger partial charge >= 0.3 is 11.9 Å². The lowest BCUT2D eigenvalue weighted by molar-refractivity contribution is -0.137. The highest BCUT2D eigenvalue weighted by molar-refractivity contribution is 5.76. The molecule has 0 atom stereocenters. The Bertz CT molecular complexity index is 802. The van der Waals surface area contributed by atoms with Crippen molar-refractivity contribution >= 4 is 11.9 Å². The van der Waals surface area contributed by atoms with Gasteiger partial charge in [-0.15, -0.1) is 0 Å². The average molecular weight is 601 g/mol. The molecule has 0 aromatic heterocycles. The van der Waals surface area contributed by atoms with Crippen LogP contribution >= 0.6 is 0 Å². The van der Waals surface area contributed by atoms with Gasteiger partial charge in [-0.05, 0) is 37.5 Å². The fourth-order valence-corrected chi connectivity index (χ4v) is 5.70. The van der Waals surface area contributed by atoms with E-state index in [2.05, 4.69) is 13.8 Å². The molecule has 1 rings (SSSR count). The first-order valence-corrected chi connectivity index (χ1v) is 18.6. The van der Waals surface area contributed by atoms with Crippen LogP contribution in [0.1, 0.15) is 199 Å². The van der Waals surface area contributed by atoms with Crippen LogP contribution in [0.25, 0.3) is 0 Å². The van der Waals surface area contributed by atoms with Gasteiger partial charge in [0, 0.05) is 12.8 Å². The molecule has 0 spiro atoms. The molecule has 4 nitrogen and oxygen atoms in total. The zero-order valence-corrected chi connectivity index (χ0v) is 28.7. The maximum absolute atomic E-state index is 12.5. The third-order valence-corrected chi connectivity index (χ3v) is 8.52. The maximum atomic E-state index is 12.5. The third kappa shape index (κ3) is 24.2. The summed E-state index contributed by atoms with van der Waals surface area (Å²) in [5.41, 5.74) is 0.972. The number of unbranched alkanes of at least 4 members (excludes halogenated alkanes) is 24. The summed E-state index contributed by atoms with van der Waals surface area (Å²) in [5, 5.41) is 0. The van der Waals surface area contributed by atoms with Crippen molar-refractivity contribution in [1.29, 1.82) is 0 Å². The lowest BCUT2D eigenvalue weighted by atomic mass is 10.0. The number of rotatable bonds is 30. The first-order valence-electron chi connectivity index (χ1n) is 18.6. The summed E-state index contributed by atoms with van der Waals surface area (Å²) in [7, 11) is 0. The van der Waals surface area contributed by atoms with Crippen LogP contribution < -0.4 is 9.47 Å². The number of hydrogen-bond donors (Lipinski definition) is 0. The van der Waals surface area contributed by atoms with Crippen molar-refractivity contribution < 1.29 is 19.1 Å². The van der Waals surface area contributed by atoms with Gasteiger partial charge in [0.2, 0.25) is 0 Å². The predicted octanol–water partition coefficient (Wildman–Crippen LogP) is 12.8. The molecule has 0 radical (unpaired) electrons. The van der Waals surface area contributed by atoms with Crippen LogP contribution in [-0.4, -0.2) is 11.9 Å². The van der Waals surface area contributed by atoms with Crippen molar-refractivity contribution in [1.82, 2.24) is 0 Å². The Morgan fingerprint density at radius 3 is 1.09 bits per heavy atom.